The maximum Gasteiger partial charge on any atom is 0.573 e. The van der Waals surface area contributed by atoms with Gasteiger partial charge in [-0.15, -0.1) is 18.3 Å². The number of hydrogen-bond donors (Lipinski definition) is 1. The second-order valence-electron chi connectivity index (χ2n) is 7.46. The third kappa shape index (κ3) is 7.95. The van der Waals surface area contributed by atoms with Crippen molar-refractivity contribution in [3.63, 3.8) is 0 Å². The van der Waals surface area contributed by atoms with E-state index in [1.165, 1.54) is 30.5 Å². The molecule has 0 atom stereocenters. The Bertz CT molecular complexity index is 1210. The molecule has 4 aromatic rings. The molecule has 0 unspecified atom stereocenters. The number of nitrogens with zero attached hydrogens (tertiary/aromatic N) is 5. The number of unbranched alkanes of at least 4 members (excludes halogenated alkanes) is 1. The van der Waals surface area contributed by atoms with E-state index < -0.39 is 6.36 Å². The van der Waals surface area contributed by atoms with Crippen molar-refractivity contribution < 1.29 is 27.1 Å². The summed E-state index contributed by atoms with van der Waals surface area (Å²) in [5.74, 6) is 0.0320. The van der Waals surface area contributed by atoms with Gasteiger partial charge in [-0.3, -0.25) is 5.10 Å². The molecule has 0 fully saturated rings. The molecule has 0 spiro atoms. The first-order chi connectivity index (χ1) is 16.9. The fourth-order valence-corrected chi connectivity index (χ4v) is 3.08. The van der Waals surface area contributed by atoms with Gasteiger partial charge in [0.15, 0.2) is 0 Å². The summed E-state index contributed by atoms with van der Waals surface area (Å²) >= 11 is 0. The fraction of sp³-hybridized carbons (Fsp3) is 0.261. The lowest BCUT2D eigenvalue weighted by molar-refractivity contribution is -0.274. The van der Waals surface area contributed by atoms with Crippen LogP contribution in [0.15, 0.2) is 53.5 Å². The summed E-state index contributed by atoms with van der Waals surface area (Å²) in [6, 6.07) is 5.67. The minimum Gasteiger partial charge on any atom is -0.457 e. The SMILES string of the molecule is FC(F)(F)Oc1ccc(C=Cc2nc(COc3ncc(CCCCc4c[nH]nn4)cn3)co2)cc1. The average molecular weight is 486 g/mol. The molecule has 3 aromatic heterocycles. The largest absolute Gasteiger partial charge is 0.573 e. The van der Waals surface area contributed by atoms with Gasteiger partial charge in [0.2, 0.25) is 5.89 Å². The normalized spacial score (nSPS) is 11.7. The van der Waals surface area contributed by atoms with Crippen LogP contribution in [0.2, 0.25) is 0 Å². The number of halogens is 3. The molecule has 1 N–H and O–H groups in total. The van der Waals surface area contributed by atoms with Crippen molar-refractivity contribution in [1.82, 2.24) is 30.4 Å². The Hall–Kier alpha value is -4.22. The minimum atomic E-state index is -4.72. The molecule has 0 radical (unpaired) electrons. The first-order valence-electron chi connectivity index (χ1n) is 10.7. The maximum atomic E-state index is 12.2. The number of aromatic amines is 1. The summed E-state index contributed by atoms with van der Waals surface area (Å²) in [5.41, 5.74) is 3.16. The van der Waals surface area contributed by atoms with E-state index in [0.29, 0.717) is 17.1 Å². The monoisotopic (exact) mass is 486 g/mol. The van der Waals surface area contributed by atoms with Crippen LogP contribution in [0.1, 0.15) is 41.2 Å². The highest BCUT2D eigenvalue weighted by Gasteiger charge is 2.30. The van der Waals surface area contributed by atoms with Crippen LogP contribution in [0.5, 0.6) is 11.8 Å². The van der Waals surface area contributed by atoms with Crippen molar-refractivity contribution in [2.45, 2.75) is 38.7 Å². The number of aryl methyl sites for hydroxylation is 2. The number of rotatable bonds is 11. The topological polar surface area (TPSA) is 112 Å². The van der Waals surface area contributed by atoms with E-state index in [1.807, 2.05) is 0 Å². The molecule has 0 amide bonds. The lowest BCUT2D eigenvalue weighted by Gasteiger charge is -2.08. The van der Waals surface area contributed by atoms with Crippen LogP contribution in [0.25, 0.3) is 12.2 Å². The van der Waals surface area contributed by atoms with Gasteiger partial charge in [-0.25, -0.2) is 15.0 Å². The highest BCUT2D eigenvalue weighted by atomic mass is 19.4. The Morgan fingerprint density at radius 1 is 0.971 bits per heavy atom. The average Bonchev–Trinajstić information content (AvgIpc) is 3.52. The highest BCUT2D eigenvalue weighted by Crippen LogP contribution is 2.23. The van der Waals surface area contributed by atoms with Gasteiger partial charge < -0.3 is 13.9 Å². The molecule has 0 saturated carbocycles. The van der Waals surface area contributed by atoms with Crippen LogP contribution in [0.4, 0.5) is 13.2 Å². The Morgan fingerprint density at radius 2 is 1.74 bits per heavy atom. The van der Waals surface area contributed by atoms with Gasteiger partial charge in [-0.1, -0.05) is 17.3 Å². The van der Waals surface area contributed by atoms with Gasteiger partial charge >= 0.3 is 12.4 Å². The number of H-pyrrole nitrogens is 1. The van der Waals surface area contributed by atoms with Crippen molar-refractivity contribution in [1.29, 1.82) is 0 Å². The van der Waals surface area contributed by atoms with Crippen molar-refractivity contribution in [2.24, 2.45) is 0 Å². The minimum absolute atomic E-state index is 0.123. The molecule has 12 heteroatoms. The van der Waals surface area contributed by atoms with E-state index in [-0.39, 0.29) is 18.4 Å². The number of nitrogens with one attached hydrogen (secondary N) is 1. The van der Waals surface area contributed by atoms with Crippen LogP contribution < -0.4 is 9.47 Å². The maximum absolute atomic E-state index is 12.2. The lowest BCUT2D eigenvalue weighted by Crippen LogP contribution is -2.16. The second kappa shape index (κ2) is 11.3. The second-order valence-corrected chi connectivity index (χ2v) is 7.46. The zero-order chi connectivity index (χ0) is 24.5. The van der Waals surface area contributed by atoms with E-state index in [4.69, 9.17) is 9.15 Å². The molecule has 0 aliphatic heterocycles. The highest BCUT2D eigenvalue weighted by molar-refractivity contribution is 5.66. The lowest BCUT2D eigenvalue weighted by atomic mass is 10.1. The van der Waals surface area contributed by atoms with Gasteiger partial charge in [-0.2, -0.15) is 0 Å². The summed E-state index contributed by atoms with van der Waals surface area (Å²) in [6.07, 6.45) is 8.94. The zero-order valence-corrected chi connectivity index (χ0v) is 18.4. The standard InChI is InChI=1S/C23H21F3N6O3/c24-23(25,26)35-20-8-5-16(6-9-20)7-10-21-30-19(14-33-21)15-34-22-27-11-17(12-28-22)3-1-2-4-18-13-29-32-31-18/h5-14H,1-4,15H2,(H,29,31,32). The molecule has 1 aromatic carbocycles. The molecule has 4 rings (SSSR count). The van der Waals surface area contributed by atoms with Crippen LogP contribution in [0, 0.1) is 0 Å². The molecule has 0 saturated heterocycles. The molecule has 35 heavy (non-hydrogen) atoms. The van der Waals surface area contributed by atoms with Crippen molar-refractivity contribution >= 4 is 12.2 Å². The van der Waals surface area contributed by atoms with E-state index in [2.05, 4.69) is 35.1 Å². The smallest absolute Gasteiger partial charge is 0.457 e. The van der Waals surface area contributed by atoms with Gasteiger partial charge in [0.05, 0.1) is 5.69 Å². The molecule has 3 heterocycles. The fourth-order valence-electron chi connectivity index (χ4n) is 3.08. The van der Waals surface area contributed by atoms with E-state index in [0.717, 1.165) is 36.9 Å². The number of oxazole rings is 1. The van der Waals surface area contributed by atoms with E-state index in [9.17, 15) is 13.2 Å². The Balaban J connectivity index is 1.20. The third-order valence-electron chi connectivity index (χ3n) is 4.75. The number of alkyl halides is 3. The van der Waals surface area contributed by atoms with Gasteiger partial charge in [0, 0.05) is 24.7 Å². The first-order valence-corrected chi connectivity index (χ1v) is 10.7. The Labute approximate surface area is 198 Å². The predicted molar refractivity (Wildman–Crippen MR) is 118 cm³/mol. The van der Waals surface area contributed by atoms with Gasteiger partial charge in [0.25, 0.3) is 0 Å². The Morgan fingerprint density at radius 3 is 2.46 bits per heavy atom. The number of hydrogen-bond acceptors (Lipinski definition) is 8. The van der Waals surface area contributed by atoms with Gasteiger partial charge in [-0.05, 0) is 55.0 Å². The number of ether oxygens (including phenoxy) is 2. The Kier molecular flexibility index (Phi) is 7.70. The summed E-state index contributed by atoms with van der Waals surface area (Å²) in [5, 5.41) is 10.3. The molecule has 0 aliphatic rings. The number of aromatic nitrogens is 6. The van der Waals surface area contributed by atoms with Gasteiger partial charge in [0.1, 0.15) is 24.3 Å². The number of benzene rings is 1. The molecule has 0 bridgehead atoms. The molecule has 182 valence electrons. The quantitative estimate of drug-likeness (QED) is 0.301. The van der Waals surface area contributed by atoms with Crippen molar-refractivity contribution in [3.05, 3.63) is 77.5 Å². The van der Waals surface area contributed by atoms with Crippen LogP contribution in [-0.4, -0.2) is 36.7 Å². The van der Waals surface area contributed by atoms with Crippen molar-refractivity contribution in [2.75, 3.05) is 0 Å². The van der Waals surface area contributed by atoms with Crippen LogP contribution >= 0.6 is 0 Å². The van der Waals surface area contributed by atoms with E-state index in [1.54, 1.807) is 30.7 Å². The first kappa shape index (κ1) is 23.9. The van der Waals surface area contributed by atoms with Crippen LogP contribution in [-0.2, 0) is 19.4 Å². The third-order valence-corrected chi connectivity index (χ3v) is 4.75. The predicted octanol–water partition coefficient (Wildman–Crippen LogP) is 4.80. The van der Waals surface area contributed by atoms with Crippen LogP contribution in [0.3, 0.4) is 0 Å². The zero-order valence-electron chi connectivity index (χ0n) is 18.4. The molecule has 0 aliphatic carbocycles. The summed E-state index contributed by atoms with van der Waals surface area (Å²) in [4.78, 5) is 12.7. The molecular formula is C23H21F3N6O3. The van der Waals surface area contributed by atoms with E-state index >= 15 is 0 Å². The molecule has 9 nitrogen and oxygen atoms in total. The summed E-state index contributed by atoms with van der Waals surface area (Å²) in [6.45, 7) is 0.123. The molecular weight excluding hydrogens is 465 g/mol. The van der Waals surface area contributed by atoms with Crippen molar-refractivity contribution in [3.8, 4) is 11.8 Å². The summed E-state index contributed by atoms with van der Waals surface area (Å²) < 4.78 is 51.4. The summed E-state index contributed by atoms with van der Waals surface area (Å²) in [7, 11) is 0.